The van der Waals surface area contributed by atoms with E-state index in [9.17, 15) is 4.57 Å². The van der Waals surface area contributed by atoms with Gasteiger partial charge in [0.25, 0.3) is 0 Å². The molecular formula is C29H41OPS. The van der Waals surface area contributed by atoms with Crippen molar-refractivity contribution in [3.8, 4) is 0 Å². The van der Waals surface area contributed by atoms with Crippen LogP contribution in [0.4, 0.5) is 0 Å². The largest absolute Gasteiger partial charge is 0.313 e. The average Bonchev–Trinajstić information content (AvgIpc) is 2.88. The molecule has 0 aromatic heterocycles. The molecule has 32 heavy (non-hydrogen) atoms. The van der Waals surface area contributed by atoms with Crippen molar-refractivity contribution >= 4 is 27.8 Å². The van der Waals surface area contributed by atoms with Crippen LogP contribution in [-0.2, 0) is 4.57 Å². The molecule has 0 aliphatic heterocycles. The minimum absolute atomic E-state index is 0.218. The van der Waals surface area contributed by atoms with E-state index in [0.717, 1.165) is 29.4 Å². The van der Waals surface area contributed by atoms with E-state index < -0.39 is 17.2 Å². The Morgan fingerprint density at radius 2 is 1.44 bits per heavy atom. The predicted octanol–water partition coefficient (Wildman–Crippen LogP) is 7.37. The molecule has 0 radical (unpaired) electrons. The molecule has 1 nitrogen and oxygen atoms in total. The fourth-order valence-electron chi connectivity index (χ4n) is 6.32. The van der Waals surface area contributed by atoms with Crippen molar-refractivity contribution in [3.05, 3.63) is 72.3 Å². The SMILES string of the molecule is CCS(CC)(CC)C[C@@H]1CCCC2=CC[C@@H](P(=O)(c3ccccc3)c3ccccc3)C[C@H]21. The highest BCUT2D eigenvalue weighted by Crippen LogP contribution is 2.58. The van der Waals surface area contributed by atoms with Gasteiger partial charge in [0, 0.05) is 16.3 Å². The first-order chi connectivity index (χ1) is 15.6. The summed E-state index contributed by atoms with van der Waals surface area (Å²) in [4.78, 5) is 0. The first-order valence-electron chi connectivity index (χ1n) is 12.7. The van der Waals surface area contributed by atoms with Gasteiger partial charge >= 0.3 is 0 Å². The molecule has 0 bridgehead atoms. The minimum atomic E-state index is -2.70. The van der Waals surface area contributed by atoms with Gasteiger partial charge in [-0.2, -0.15) is 0 Å². The summed E-state index contributed by atoms with van der Waals surface area (Å²) in [7, 11) is -3.21. The maximum Gasteiger partial charge on any atom is 0.146 e. The Balaban J connectivity index is 1.69. The van der Waals surface area contributed by atoms with E-state index in [0.29, 0.717) is 5.92 Å². The van der Waals surface area contributed by atoms with Crippen molar-refractivity contribution in [2.75, 3.05) is 23.0 Å². The van der Waals surface area contributed by atoms with Crippen LogP contribution in [0.25, 0.3) is 0 Å². The van der Waals surface area contributed by atoms with Gasteiger partial charge in [-0.15, -0.1) is 0 Å². The first-order valence-corrected chi connectivity index (χ1v) is 16.8. The van der Waals surface area contributed by atoms with Crippen LogP contribution < -0.4 is 10.6 Å². The van der Waals surface area contributed by atoms with E-state index in [2.05, 4.69) is 75.4 Å². The van der Waals surface area contributed by atoms with Gasteiger partial charge in [0.1, 0.15) is 7.14 Å². The van der Waals surface area contributed by atoms with Gasteiger partial charge in [-0.1, -0.05) is 93.1 Å². The molecule has 2 aromatic carbocycles. The molecule has 2 aromatic rings. The molecule has 0 heterocycles. The second-order valence-electron chi connectivity index (χ2n) is 9.75. The monoisotopic (exact) mass is 468 g/mol. The Hall–Kier alpha value is -1.24. The Labute approximate surface area is 197 Å². The molecule has 2 aliphatic rings. The average molecular weight is 469 g/mol. The van der Waals surface area contributed by atoms with E-state index in [1.807, 2.05) is 12.1 Å². The lowest BCUT2D eigenvalue weighted by atomic mass is 9.71. The Kier molecular flexibility index (Phi) is 7.73. The summed E-state index contributed by atoms with van der Waals surface area (Å²) in [6.07, 6.45) is 8.56. The number of allylic oxidation sites excluding steroid dienone is 2. The second kappa shape index (κ2) is 10.4. The van der Waals surface area contributed by atoms with Crippen LogP contribution in [-0.4, -0.2) is 28.7 Å². The van der Waals surface area contributed by atoms with E-state index >= 15 is 0 Å². The second-order valence-corrected chi connectivity index (χ2v) is 17.3. The van der Waals surface area contributed by atoms with Gasteiger partial charge in [0.15, 0.2) is 0 Å². The van der Waals surface area contributed by atoms with Crippen LogP contribution in [0.1, 0.15) is 52.9 Å². The zero-order valence-electron chi connectivity index (χ0n) is 20.2. The van der Waals surface area contributed by atoms with Crippen LogP contribution in [0.3, 0.4) is 0 Å². The lowest BCUT2D eigenvalue weighted by molar-refractivity contribution is 0.300. The molecule has 2 aliphatic carbocycles. The van der Waals surface area contributed by atoms with Gasteiger partial charge < -0.3 is 4.57 Å². The third kappa shape index (κ3) is 4.55. The molecule has 4 rings (SSSR count). The lowest BCUT2D eigenvalue weighted by Crippen LogP contribution is -2.36. The quantitative estimate of drug-likeness (QED) is 0.292. The van der Waals surface area contributed by atoms with E-state index in [-0.39, 0.29) is 5.66 Å². The molecule has 0 amide bonds. The maximum absolute atomic E-state index is 15.0. The summed E-state index contributed by atoms with van der Waals surface area (Å²) >= 11 is 0. The third-order valence-corrected chi connectivity index (χ3v) is 16.9. The van der Waals surface area contributed by atoms with E-state index in [1.54, 1.807) is 5.57 Å². The van der Waals surface area contributed by atoms with Crippen molar-refractivity contribution < 1.29 is 4.57 Å². The summed E-state index contributed by atoms with van der Waals surface area (Å²) in [5, 5.41) is 2.08. The van der Waals surface area contributed by atoms with Gasteiger partial charge in [0.2, 0.25) is 0 Å². The van der Waals surface area contributed by atoms with Crippen LogP contribution in [0.5, 0.6) is 0 Å². The van der Waals surface area contributed by atoms with Crippen molar-refractivity contribution in [1.29, 1.82) is 0 Å². The molecule has 1 saturated carbocycles. The number of benzene rings is 2. The topological polar surface area (TPSA) is 17.1 Å². The van der Waals surface area contributed by atoms with E-state index in [4.69, 9.17) is 0 Å². The number of rotatable bonds is 8. The summed E-state index contributed by atoms with van der Waals surface area (Å²) < 4.78 is 15.0. The van der Waals surface area contributed by atoms with Gasteiger partial charge in [-0.3, -0.25) is 0 Å². The Morgan fingerprint density at radius 3 is 1.97 bits per heavy atom. The van der Waals surface area contributed by atoms with Crippen molar-refractivity contribution in [2.24, 2.45) is 11.8 Å². The highest BCUT2D eigenvalue weighted by Gasteiger charge is 2.43. The fraction of sp³-hybridized carbons (Fsp3) is 0.517. The molecule has 0 saturated heterocycles. The molecule has 0 spiro atoms. The zero-order chi connectivity index (χ0) is 22.6. The lowest BCUT2D eigenvalue weighted by Gasteiger charge is -2.47. The van der Waals surface area contributed by atoms with E-state index in [1.165, 1.54) is 42.3 Å². The molecule has 0 N–H and O–H groups in total. The molecule has 0 unspecified atom stereocenters. The van der Waals surface area contributed by atoms with Crippen LogP contribution in [0.15, 0.2) is 72.3 Å². The fourth-order valence-corrected chi connectivity index (χ4v) is 12.9. The Morgan fingerprint density at radius 1 is 0.875 bits per heavy atom. The number of hydrogen-bond donors (Lipinski definition) is 0. The van der Waals surface area contributed by atoms with Crippen LogP contribution in [0.2, 0.25) is 0 Å². The zero-order valence-corrected chi connectivity index (χ0v) is 21.9. The Bertz CT molecular complexity index is 896. The molecule has 174 valence electrons. The molecule has 1 fully saturated rings. The molecule has 3 heteroatoms. The summed E-state index contributed by atoms with van der Waals surface area (Å²) in [5.74, 6) is 6.92. The number of fused-ring (bicyclic) bond motifs is 1. The number of hydrogen-bond acceptors (Lipinski definition) is 1. The van der Waals surface area contributed by atoms with Crippen LogP contribution in [0, 0.1) is 11.8 Å². The van der Waals surface area contributed by atoms with Crippen molar-refractivity contribution in [1.82, 2.24) is 0 Å². The smallest absolute Gasteiger partial charge is 0.146 e. The summed E-state index contributed by atoms with van der Waals surface area (Å²) in [6, 6.07) is 20.7. The first kappa shape index (κ1) is 23.9. The summed E-state index contributed by atoms with van der Waals surface area (Å²) in [5.41, 5.74) is 1.91. The van der Waals surface area contributed by atoms with Gasteiger partial charge in [-0.25, -0.2) is 10.0 Å². The van der Waals surface area contributed by atoms with Crippen molar-refractivity contribution in [2.45, 2.75) is 58.5 Å². The van der Waals surface area contributed by atoms with Crippen LogP contribution >= 0.6 is 17.2 Å². The minimum Gasteiger partial charge on any atom is -0.313 e. The normalized spacial score (nSPS) is 24.5. The third-order valence-electron chi connectivity index (χ3n) is 8.46. The predicted molar refractivity (Wildman–Crippen MR) is 146 cm³/mol. The summed E-state index contributed by atoms with van der Waals surface area (Å²) in [6.45, 7) is 7.26. The standard InChI is InChI=1S/C29H41OPS/c1-4-32(5-2,6-3)23-25-15-13-14-24-20-21-28(22-29(24)25)31(30,26-16-9-7-10-17-26)27-18-11-8-12-19-27/h7-12,16-20,25,28-29H,4-6,13-15,21-23H2,1-3H3/t25-,28+,29+/m0/s1. The molecule has 3 atom stereocenters. The van der Waals surface area contributed by atoms with Gasteiger partial charge in [0.05, 0.1) is 0 Å². The molecular weight excluding hydrogens is 427 g/mol. The highest BCUT2D eigenvalue weighted by atomic mass is 32.3. The van der Waals surface area contributed by atoms with Gasteiger partial charge in [-0.05, 0) is 67.0 Å². The maximum atomic E-state index is 15.0. The highest BCUT2D eigenvalue weighted by molar-refractivity contribution is 8.33. The van der Waals surface area contributed by atoms with Crippen molar-refractivity contribution in [3.63, 3.8) is 0 Å².